The minimum absolute atomic E-state index is 0.359. The van der Waals surface area contributed by atoms with Crippen molar-refractivity contribution >= 4 is 0 Å². The summed E-state index contributed by atoms with van der Waals surface area (Å²) in [5.41, 5.74) is 1.62. The van der Waals surface area contributed by atoms with Crippen LogP contribution in [0, 0.1) is 51.8 Å². The standard InChI is InChI=1S/C24H40O2/c1-15(9-12-25)18-5-6-19-17-13-21(26-4)24-14-16(24)7-11-23(24,3)20(17)8-10-22(18,19)2/h15-21,25H,5-14H2,1-4H3/t15-,16-,17+,18-,19+,20+,21-,22-,23-,24?/m1/s1. The SMILES string of the molecule is CO[C@@H]1C[C@H]2[C@@H]3CC[C@H]([C@H](C)CCO)[C@@]3(C)CC[C@@H]2[C@@]2(C)CC[C@@H]3CC312. The van der Waals surface area contributed by atoms with Gasteiger partial charge in [0.05, 0.1) is 6.10 Å². The number of hydrogen-bond acceptors (Lipinski definition) is 2. The van der Waals surface area contributed by atoms with Crippen LogP contribution in [0.1, 0.15) is 78.6 Å². The van der Waals surface area contributed by atoms with Crippen molar-refractivity contribution in [3.05, 3.63) is 0 Å². The Morgan fingerprint density at radius 2 is 1.88 bits per heavy atom. The Kier molecular flexibility index (Phi) is 3.96. The van der Waals surface area contributed by atoms with Gasteiger partial charge < -0.3 is 9.84 Å². The number of aliphatic hydroxyl groups excluding tert-OH is 1. The number of fused-ring (bicyclic) bond motifs is 4. The van der Waals surface area contributed by atoms with Crippen molar-refractivity contribution in [3.8, 4) is 0 Å². The lowest BCUT2D eigenvalue weighted by Gasteiger charge is -2.61. The van der Waals surface area contributed by atoms with Crippen molar-refractivity contribution in [2.75, 3.05) is 13.7 Å². The van der Waals surface area contributed by atoms with Gasteiger partial charge in [-0.15, -0.1) is 0 Å². The van der Waals surface area contributed by atoms with Crippen LogP contribution >= 0.6 is 0 Å². The van der Waals surface area contributed by atoms with Gasteiger partial charge >= 0.3 is 0 Å². The topological polar surface area (TPSA) is 29.5 Å². The molecule has 0 heterocycles. The molecule has 0 bridgehead atoms. The predicted molar refractivity (Wildman–Crippen MR) is 105 cm³/mol. The molecular formula is C24H40O2. The molecular weight excluding hydrogens is 320 g/mol. The maximum atomic E-state index is 9.48. The van der Waals surface area contributed by atoms with Crippen molar-refractivity contribution in [2.24, 2.45) is 51.8 Å². The molecule has 5 aliphatic carbocycles. The molecule has 5 fully saturated rings. The first-order valence-electron chi connectivity index (χ1n) is 11.6. The van der Waals surface area contributed by atoms with Gasteiger partial charge in [0.25, 0.3) is 0 Å². The predicted octanol–water partition coefficient (Wildman–Crippen LogP) is 5.29. The average Bonchev–Trinajstić information content (AvgIpc) is 3.12. The van der Waals surface area contributed by atoms with Crippen LogP contribution in [0.2, 0.25) is 0 Å². The molecule has 5 rings (SSSR count). The van der Waals surface area contributed by atoms with E-state index in [4.69, 9.17) is 4.74 Å². The smallest absolute Gasteiger partial charge is 0.0638 e. The molecule has 0 aromatic carbocycles. The van der Waals surface area contributed by atoms with E-state index in [9.17, 15) is 5.11 Å². The van der Waals surface area contributed by atoms with E-state index in [2.05, 4.69) is 20.8 Å². The summed E-state index contributed by atoms with van der Waals surface area (Å²) in [5, 5.41) is 9.48. The normalized spacial score (nSPS) is 58.5. The molecule has 0 saturated heterocycles. The number of rotatable bonds is 4. The Balaban J connectivity index is 1.46. The number of methoxy groups -OCH3 is 1. The van der Waals surface area contributed by atoms with Crippen molar-refractivity contribution in [2.45, 2.75) is 84.7 Å². The summed E-state index contributed by atoms with van der Waals surface area (Å²) >= 11 is 0. The molecule has 2 nitrogen and oxygen atoms in total. The lowest BCUT2D eigenvalue weighted by atomic mass is 9.45. The van der Waals surface area contributed by atoms with Gasteiger partial charge in [-0.25, -0.2) is 0 Å². The van der Waals surface area contributed by atoms with Crippen molar-refractivity contribution in [3.63, 3.8) is 0 Å². The van der Waals surface area contributed by atoms with Gasteiger partial charge in [0, 0.05) is 19.1 Å². The molecule has 5 saturated carbocycles. The second-order valence-electron chi connectivity index (χ2n) is 11.5. The van der Waals surface area contributed by atoms with Crippen LogP contribution in [0.5, 0.6) is 0 Å². The van der Waals surface area contributed by atoms with Crippen LogP contribution in [-0.4, -0.2) is 24.9 Å². The first kappa shape index (κ1) is 18.0. The maximum Gasteiger partial charge on any atom is 0.0638 e. The molecule has 1 unspecified atom stereocenters. The summed E-state index contributed by atoms with van der Waals surface area (Å²) in [4.78, 5) is 0. The number of ether oxygens (including phenoxy) is 1. The van der Waals surface area contributed by atoms with E-state index in [1.807, 2.05) is 7.11 Å². The molecule has 1 N–H and O–H groups in total. The van der Waals surface area contributed by atoms with Crippen molar-refractivity contribution in [1.82, 2.24) is 0 Å². The third-order valence-electron chi connectivity index (χ3n) is 11.2. The lowest BCUT2D eigenvalue weighted by molar-refractivity contribution is -0.161. The Hall–Kier alpha value is -0.0800. The molecule has 0 aromatic heterocycles. The molecule has 10 atom stereocenters. The molecule has 148 valence electrons. The van der Waals surface area contributed by atoms with E-state index in [0.717, 1.165) is 36.0 Å². The molecule has 2 heteroatoms. The zero-order chi connectivity index (χ0) is 18.3. The van der Waals surface area contributed by atoms with Crippen LogP contribution in [0.3, 0.4) is 0 Å². The van der Waals surface area contributed by atoms with Crippen molar-refractivity contribution in [1.29, 1.82) is 0 Å². The highest BCUT2D eigenvalue weighted by molar-refractivity contribution is 5.26. The third kappa shape index (κ3) is 1.97. The van der Waals surface area contributed by atoms with E-state index in [1.165, 1.54) is 51.4 Å². The summed E-state index contributed by atoms with van der Waals surface area (Å²) in [7, 11) is 2.00. The second kappa shape index (κ2) is 5.72. The van der Waals surface area contributed by atoms with Gasteiger partial charge in [0.15, 0.2) is 0 Å². The summed E-state index contributed by atoms with van der Waals surface area (Å²) in [6, 6.07) is 0. The summed E-state index contributed by atoms with van der Waals surface area (Å²) in [6.45, 7) is 8.06. The van der Waals surface area contributed by atoms with Crippen molar-refractivity contribution < 1.29 is 9.84 Å². The maximum absolute atomic E-state index is 9.48. The Morgan fingerprint density at radius 3 is 2.58 bits per heavy atom. The van der Waals surface area contributed by atoms with Gasteiger partial charge in [0.2, 0.25) is 0 Å². The fraction of sp³-hybridized carbons (Fsp3) is 1.00. The van der Waals surface area contributed by atoms with Crippen LogP contribution < -0.4 is 0 Å². The van der Waals surface area contributed by atoms with Gasteiger partial charge in [-0.05, 0) is 104 Å². The molecule has 0 aromatic rings. The van der Waals surface area contributed by atoms with E-state index in [0.29, 0.717) is 34.9 Å². The summed E-state index contributed by atoms with van der Waals surface area (Å²) < 4.78 is 6.23. The van der Waals surface area contributed by atoms with E-state index in [1.54, 1.807) is 0 Å². The largest absolute Gasteiger partial charge is 0.396 e. The first-order chi connectivity index (χ1) is 12.4. The lowest BCUT2D eigenvalue weighted by Crippen LogP contribution is -2.57. The highest BCUT2D eigenvalue weighted by atomic mass is 16.5. The van der Waals surface area contributed by atoms with Crippen LogP contribution in [0.25, 0.3) is 0 Å². The summed E-state index contributed by atoms with van der Waals surface area (Å²) in [6.07, 6.45) is 13.0. The first-order valence-corrected chi connectivity index (χ1v) is 11.6. The quantitative estimate of drug-likeness (QED) is 0.738. The van der Waals surface area contributed by atoms with Crippen LogP contribution in [0.15, 0.2) is 0 Å². The minimum Gasteiger partial charge on any atom is -0.396 e. The monoisotopic (exact) mass is 360 g/mol. The minimum atomic E-state index is 0.359. The molecule has 1 spiro atoms. The van der Waals surface area contributed by atoms with Crippen LogP contribution in [0.4, 0.5) is 0 Å². The Labute approximate surface area is 160 Å². The Morgan fingerprint density at radius 1 is 1.08 bits per heavy atom. The Bertz CT molecular complexity index is 575. The second-order valence-corrected chi connectivity index (χ2v) is 11.5. The van der Waals surface area contributed by atoms with Gasteiger partial charge in [0.1, 0.15) is 0 Å². The fourth-order valence-corrected chi connectivity index (χ4v) is 9.96. The zero-order valence-electron chi connectivity index (χ0n) is 17.5. The fourth-order valence-electron chi connectivity index (χ4n) is 9.96. The van der Waals surface area contributed by atoms with E-state index in [-0.39, 0.29) is 0 Å². The van der Waals surface area contributed by atoms with Gasteiger partial charge in [-0.1, -0.05) is 20.8 Å². The van der Waals surface area contributed by atoms with Gasteiger partial charge in [-0.3, -0.25) is 0 Å². The highest BCUT2D eigenvalue weighted by Gasteiger charge is 2.77. The number of hydrogen-bond donors (Lipinski definition) is 1. The van der Waals surface area contributed by atoms with E-state index < -0.39 is 0 Å². The summed E-state index contributed by atoms with van der Waals surface area (Å²) in [5.74, 6) is 5.22. The molecule has 0 radical (unpaired) electrons. The molecule has 5 aliphatic rings. The number of aliphatic hydroxyl groups is 1. The van der Waals surface area contributed by atoms with E-state index >= 15 is 0 Å². The molecule has 0 amide bonds. The third-order valence-corrected chi connectivity index (χ3v) is 11.2. The zero-order valence-corrected chi connectivity index (χ0v) is 17.5. The molecule has 26 heavy (non-hydrogen) atoms. The van der Waals surface area contributed by atoms with Crippen LogP contribution in [-0.2, 0) is 4.74 Å². The average molecular weight is 361 g/mol. The van der Waals surface area contributed by atoms with Gasteiger partial charge in [-0.2, -0.15) is 0 Å². The highest BCUT2D eigenvalue weighted by Crippen LogP contribution is 2.82. The molecule has 0 aliphatic heterocycles.